The van der Waals surface area contributed by atoms with E-state index in [1.165, 1.54) is 25.7 Å². The molecule has 0 amide bonds. The Labute approximate surface area is 160 Å². The summed E-state index contributed by atoms with van der Waals surface area (Å²) in [6.07, 6.45) is 12.8. The Hall–Kier alpha value is -2.47. The molecule has 6 heteroatoms. The van der Waals surface area contributed by atoms with Crippen LogP contribution in [0.5, 0.6) is 0 Å². The molecular weight excluding hydrogens is 336 g/mol. The van der Waals surface area contributed by atoms with Crippen LogP contribution < -0.4 is 5.32 Å². The number of aryl methyl sites for hydroxylation is 1. The van der Waals surface area contributed by atoms with Crippen LogP contribution in [0.25, 0.3) is 22.0 Å². The summed E-state index contributed by atoms with van der Waals surface area (Å²) in [6, 6.07) is 4.99. The highest BCUT2D eigenvalue weighted by Gasteiger charge is 2.22. The summed E-state index contributed by atoms with van der Waals surface area (Å²) in [4.78, 5) is 11.5. The van der Waals surface area contributed by atoms with Gasteiger partial charge in [-0.1, -0.05) is 0 Å². The van der Waals surface area contributed by atoms with Gasteiger partial charge in [0.25, 0.3) is 0 Å². The summed E-state index contributed by atoms with van der Waals surface area (Å²) < 4.78 is 1.80. The smallest absolute Gasteiger partial charge is 0.126 e. The monoisotopic (exact) mass is 364 g/mol. The number of aromatic nitrogens is 4. The van der Waals surface area contributed by atoms with Gasteiger partial charge in [-0.3, -0.25) is 9.67 Å². The zero-order valence-corrected chi connectivity index (χ0v) is 16.4. The van der Waals surface area contributed by atoms with Crippen LogP contribution >= 0.6 is 0 Å². The highest BCUT2D eigenvalue weighted by Crippen LogP contribution is 2.27. The summed E-state index contributed by atoms with van der Waals surface area (Å²) in [6.45, 7) is 0.999. The van der Waals surface area contributed by atoms with Crippen LogP contribution in [0.4, 0.5) is 5.82 Å². The zero-order valence-electron chi connectivity index (χ0n) is 16.4. The van der Waals surface area contributed by atoms with Gasteiger partial charge in [-0.05, 0) is 63.2 Å². The summed E-state index contributed by atoms with van der Waals surface area (Å²) in [5.41, 5.74) is 1.97. The second-order valence-corrected chi connectivity index (χ2v) is 7.91. The minimum absolute atomic E-state index is 0.738. The Morgan fingerprint density at radius 2 is 1.81 bits per heavy atom. The summed E-state index contributed by atoms with van der Waals surface area (Å²) in [7, 11) is 6.30. The van der Waals surface area contributed by atoms with Crippen LogP contribution in [0.3, 0.4) is 0 Å². The molecule has 142 valence electrons. The second kappa shape index (κ2) is 7.64. The van der Waals surface area contributed by atoms with Gasteiger partial charge in [0, 0.05) is 49.2 Å². The lowest BCUT2D eigenvalue weighted by molar-refractivity contribution is 0.198. The first-order chi connectivity index (χ1) is 13.1. The molecule has 1 aliphatic rings. The van der Waals surface area contributed by atoms with Gasteiger partial charge in [-0.2, -0.15) is 5.10 Å². The van der Waals surface area contributed by atoms with Crippen molar-refractivity contribution in [2.24, 2.45) is 13.0 Å². The Morgan fingerprint density at radius 3 is 2.52 bits per heavy atom. The third-order valence-corrected chi connectivity index (χ3v) is 5.72. The lowest BCUT2D eigenvalue weighted by Crippen LogP contribution is -2.33. The number of nitrogens with one attached hydrogen (secondary N) is 1. The fraction of sp³-hybridized carbons (Fsp3) is 0.476. The molecule has 0 bridgehead atoms. The number of anilines is 1. The Kier molecular flexibility index (Phi) is 5.07. The third kappa shape index (κ3) is 4.11. The normalized spacial score (nSPS) is 20.3. The molecule has 1 fully saturated rings. The maximum absolute atomic E-state index is 4.57. The Balaban J connectivity index is 1.43. The van der Waals surface area contributed by atoms with E-state index in [1.807, 2.05) is 31.8 Å². The number of pyridine rings is 2. The van der Waals surface area contributed by atoms with E-state index < -0.39 is 0 Å². The van der Waals surface area contributed by atoms with Gasteiger partial charge < -0.3 is 10.2 Å². The maximum Gasteiger partial charge on any atom is 0.126 e. The minimum Gasteiger partial charge on any atom is -0.370 e. The molecule has 3 aromatic heterocycles. The van der Waals surface area contributed by atoms with Crippen molar-refractivity contribution in [1.82, 2.24) is 24.6 Å². The van der Waals surface area contributed by atoms with Crippen molar-refractivity contribution in [3.05, 3.63) is 36.9 Å². The fourth-order valence-corrected chi connectivity index (χ4v) is 3.96. The average molecular weight is 364 g/mol. The zero-order chi connectivity index (χ0) is 18.8. The van der Waals surface area contributed by atoms with E-state index in [0.29, 0.717) is 0 Å². The maximum atomic E-state index is 4.57. The molecule has 0 atom stereocenters. The van der Waals surface area contributed by atoms with Crippen LogP contribution in [0, 0.1) is 5.92 Å². The predicted octanol–water partition coefficient (Wildman–Crippen LogP) is 3.56. The SMILES string of the molecule is CN(C)C1CCC(CNc2cc3cc(-c4cnn(C)c4)ncc3cn2)CC1. The summed E-state index contributed by atoms with van der Waals surface area (Å²) in [5, 5.41) is 10.00. The van der Waals surface area contributed by atoms with Gasteiger partial charge in [-0.15, -0.1) is 0 Å². The molecule has 0 unspecified atom stereocenters. The van der Waals surface area contributed by atoms with Crippen molar-refractivity contribution in [2.45, 2.75) is 31.7 Å². The molecule has 4 rings (SSSR count). The average Bonchev–Trinajstić information content (AvgIpc) is 3.12. The third-order valence-electron chi connectivity index (χ3n) is 5.72. The largest absolute Gasteiger partial charge is 0.370 e. The highest BCUT2D eigenvalue weighted by molar-refractivity contribution is 5.86. The van der Waals surface area contributed by atoms with E-state index in [2.05, 4.69) is 51.5 Å². The number of hydrogen-bond donors (Lipinski definition) is 1. The Morgan fingerprint density at radius 1 is 1.04 bits per heavy atom. The number of rotatable bonds is 5. The molecule has 0 saturated heterocycles. The van der Waals surface area contributed by atoms with E-state index in [-0.39, 0.29) is 0 Å². The molecular formula is C21H28N6. The molecule has 1 N–H and O–H groups in total. The summed E-state index contributed by atoms with van der Waals surface area (Å²) >= 11 is 0. The van der Waals surface area contributed by atoms with Gasteiger partial charge in [0.2, 0.25) is 0 Å². The fourth-order valence-electron chi connectivity index (χ4n) is 3.96. The van der Waals surface area contributed by atoms with Crippen molar-refractivity contribution < 1.29 is 0 Å². The summed E-state index contributed by atoms with van der Waals surface area (Å²) in [5.74, 6) is 1.68. The van der Waals surface area contributed by atoms with Crippen LogP contribution in [0.2, 0.25) is 0 Å². The standard InChI is InChI=1S/C21H28N6/c1-26(2)19-6-4-15(5-7-19)10-23-21-9-16-8-20(18-13-25-27(3)14-18)22-11-17(16)12-24-21/h8-9,11-15,19H,4-7,10H2,1-3H3,(H,23,24). The van der Waals surface area contributed by atoms with Crippen LogP contribution in [-0.2, 0) is 7.05 Å². The van der Waals surface area contributed by atoms with Gasteiger partial charge in [0.1, 0.15) is 5.82 Å². The van der Waals surface area contributed by atoms with Gasteiger partial charge in [0.05, 0.1) is 11.9 Å². The molecule has 1 aliphatic carbocycles. The van der Waals surface area contributed by atoms with Crippen molar-refractivity contribution >= 4 is 16.6 Å². The van der Waals surface area contributed by atoms with Crippen molar-refractivity contribution in [2.75, 3.05) is 26.0 Å². The quantitative estimate of drug-likeness (QED) is 0.750. The molecule has 0 aromatic carbocycles. The highest BCUT2D eigenvalue weighted by atomic mass is 15.2. The first-order valence-electron chi connectivity index (χ1n) is 9.73. The van der Waals surface area contributed by atoms with Crippen molar-refractivity contribution in [1.29, 1.82) is 0 Å². The molecule has 0 aliphatic heterocycles. The molecule has 0 spiro atoms. The van der Waals surface area contributed by atoms with Gasteiger partial charge >= 0.3 is 0 Å². The van der Waals surface area contributed by atoms with E-state index >= 15 is 0 Å². The van der Waals surface area contributed by atoms with Crippen LogP contribution in [0.1, 0.15) is 25.7 Å². The van der Waals surface area contributed by atoms with Crippen molar-refractivity contribution in [3.63, 3.8) is 0 Å². The molecule has 0 radical (unpaired) electrons. The Bertz CT molecular complexity index is 908. The lowest BCUT2D eigenvalue weighted by atomic mass is 9.85. The molecule has 6 nitrogen and oxygen atoms in total. The number of hydrogen-bond acceptors (Lipinski definition) is 5. The number of fused-ring (bicyclic) bond motifs is 1. The first-order valence-corrected chi connectivity index (χ1v) is 9.73. The lowest BCUT2D eigenvalue weighted by Gasteiger charge is -2.32. The molecule has 1 saturated carbocycles. The van der Waals surface area contributed by atoms with E-state index in [4.69, 9.17) is 0 Å². The topological polar surface area (TPSA) is 58.9 Å². The van der Waals surface area contributed by atoms with E-state index in [0.717, 1.165) is 46.4 Å². The minimum atomic E-state index is 0.738. The van der Waals surface area contributed by atoms with E-state index in [9.17, 15) is 0 Å². The molecule has 3 aromatic rings. The first kappa shape index (κ1) is 17.9. The van der Waals surface area contributed by atoms with Crippen LogP contribution in [-0.4, -0.2) is 51.3 Å². The van der Waals surface area contributed by atoms with Crippen LogP contribution in [0.15, 0.2) is 36.9 Å². The van der Waals surface area contributed by atoms with Gasteiger partial charge in [-0.25, -0.2) is 4.98 Å². The molecule has 27 heavy (non-hydrogen) atoms. The predicted molar refractivity (Wildman–Crippen MR) is 110 cm³/mol. The number of nitrogens with zero attached hydrogens (tertiary/aromatic N) is 5. The molecule has 3 heterocycles. The van der Waals surface area contributed by atoms with Crippen molar-refractivity contribution in [3.8, 4) is 11.3 Å². The van der Waals surface area contributed by atoms with Gasteiger partial charge in [0.15, 0.2) is 0 Å². The second-order valence-electron chi connectivity index (χ2n) is 7.91. The van der Waals surface area contributed by atoms with E-state index in [1.54, 1.807) is 4.68 Å².